The van der Waals surface area contributed by atoms with Crippen molar-refractivity contribution in [3.05, 3.63) is 0 Å². The fourth-order valence-corrected chi connectivity index (χ4v) is 2.12. The maximum atomic E-state index is 12.0. The highest BCUT2D eigenvalue weighted by atomic mass is 16.6. The first-order valence-corrected chi connectivity index (χ1v) is 7.34. The van der Waals surface area contributed by atoms with Crippen LogP contribution in [0.1, 0.15) is 40.5 Å². The Morgan fingerprint density at radius 2 is 2.16 bits per heavy atom. The highest BCUT2D eigenvalue weighted by Crippen LogP contribution is 2.10. The molecule has 5 nitrogen and oxygen atoms in total. The van der Waals surface area contributed by atoms with Gasteiger partial charge in [0.15, 0.2) is 0 Å². The smallest absolute Gasteiger partial charge is 0.410 e. The molecule has 0 aromatic carbocycles. The molecule has 1 saturated heterocycles. The summed E-state index contributed by atoms with van der Waals surface area (Å²) in [6.45, 7) is 12.2. The second-order valence-electron chi connectivity index (χ2n) is 6.11. The minimum Gasteiger partial charge on any atom is -0.444 e. The Bertz CT molecular complexity index is 270. The number of hydrogen-bond donors (Lipinski definition) is 2. The van der Waals surface area contributed by atoms with Gasteiger partial charge in [-0.15, -0.1) is 0 Å². The third-order valence-corrected chi connectivity index (χ3v) is 3.02. The van der Waals surface area contributed by atoms with E-state index in [4.69, 9.17) is 4.74 Å². The summed E-state index contributed by atoms with van der Waals surface area (Å²) in [6.07, 6.45) is 1.91. The number of ether oxygens (including phenoxy) is 1. The summed E-state index contributed by atoms with van der Waals surface area (Å²) in [5, 5.41) is 6.80. The molecule has 0 spiro atoms. The first-order chi connectivity index (χ1) is 8.92. The third kappa shape index (κ3) is 6.78. The molecule has 0 saturated carbocycles. The van der Waals surface area contributed by atoms with Crippen molar-refractivity contribution in [2.24, 2.45) is 0 Å². The highest BCUT2D eigenvalue weighted by Gasteiger charge is 2.21. The van der Waals surface area contributed by atoms with Crippen LogP contribution in [0.5, 0.6) is 0 Å². The number of nitrogens with one attached hydrogen (secondary N) is 2. The van der Waals surface area contributed by atoms with Crippen LogP contribution >= 0.6 is 0 Å². The zero-order chi connectivity index (χ0) is 14.3. The van der Waals surface area contributed by atoms with E-state index in [0.29, 0.717) is 12.6 Å². The van der Waals surface area contributed by atoms with Crippen molar-refractivity contribution >= 4 is 6.09 Å². The van der Waals surface area contributed by atoms with Gasteiger partial charge in [0.1, 0.15) is 5.60 Å². The summed E-state index contributed by atoms with van der Waals surface area (Å²) in [4.78, 5) is 13.8. The lowest BCUT2D eigenvalue weighted by Crippen LogP contribution is -2.43. The van der Waals surface area contributed by atoms with Crippen molar-refractivity contribution in [2.75, 3.05) is 32.7 Å². The minimum atomic E-state index is -0.425. The highest BCUT2D eigenvalue weighted by molar-refractivity contribution is 5.68. The van der Waals surface area contributed by atoms with Gasteiger partial charge in [0.25, 0.3) is 0 Å². The number of carbonyl (C=O) groups is 1. The normalized spacial score (nSPS) is 19.5. The number of nitrogens with zero attached hydrogens (tertiary/aromatic N) is 1. The summed E-state index contributed by atoms with van der Waals surface area (Å²) in [7, 11) is 0. The van der Waals surface area contributed by atoms with E-state index >= 15 is 0 Å². The molecule has 1 atom stereocenters. The van der Waals surface area contributed by atoms with Crippen molar-refractivity contribution in [2.45, 2.75) is 52.2 Å². The van der Waals surface area contributed by atoms with Crippen LogP contribution in [0.3, 0.4) is 0 Å². The summed E-state index contributed by atoms with van der Waals surface area (Å²) >= 11 is 0. The SMILES string of the molecule is CCCN(CCNC1CCNC1)C(=O)OC(C)(C)C. The Balaban J connectivity index is 2.32. The number of carbonyl (C=O) groups excluding carboxylic acids is 1. The van der Waals surface area contributed by atoms with Crippen molar-refractivity contribution in [3.8, 4) is 0 Å². The van der Waals surface area contributed by atoms with E-state index in [2.05, 4.69) is 17.6 Å². The van der Waals surface area contributed by atoms with Gasteiger partial charge in [-0.05, 0) is 40.2 Å². The van der Waals surface area contributed by atoms with Gasteiger partial charge in [0.05, 0.1) is 0 Å². The molecule has 2 N–H and O–H groups in total. The Hall–Kier alpha value is -0.810. The van der Waals surface area contributed by atoms with Gasteiger partial charge < -0.3 is 20.3 Å². The molecule has 1 fully saturated rings. The third-order valence-electron chi connectivity index (χ3n) is 3.02. The minimum absolute atomic E-state index is 0.208. The van der Waals surface area contributed by atoms with Gasteiger partial charge in [-0.2, -0.15) is 0 Å². The predicted molar refractivity (Wildman–Crippen MR) is 77.4 cm³/mol. The topological polar surface area (TPSA) is 53.6 Å². The quantitative estimate of drug-likeness (QED) is 0.770. The average Bonchev–Trinajstić information content (AvgIpc) is 2.78. The zero-order valence-electron chi connectivity index (χ0n) is 12.8. The van der Waals surface area contributed by atoms with Gasteiger partial charge >= 0.3 is 6.09 Å². The van der Waals surface area contributed by atoms with Crippen molar-refractivity contribution < 1.29 is 9.53 Å². The molecule has 0 radical (unpaired) electrons. The largest absolute Gasteiger partial charge is 0.444 e. The molecule has 0 aromatic rings. The zero-order valence-corrected chi connectivity index (χ0v) is 12.8. The van der Waals surface area contributed by atoms with E-state index in [1.807, 2.05) is 20.8 Å². The maximum Gasteiger partial charge on any atom is 0.410 e. The maximum absolute atomic E-state index is 12.0. The van der Waals surface area contributed by atoms with Crippen LogP contribution in [0.2, 0.25) is 0 Å². The molecule has 1 aliphatic heterocycles. The van der Waals surface area contributed by atoms with E-state index in [9.17, 15) is 4.79 Å². The van der Waals surface area contributed by atoms with Crippen molar-refractivity contribution in [1.29, 1.82) is 0 Å². The van der Waals surface area contributed by atoms with Crippen LogP contribution in [0.15, 0.2) is 0 Å². The Morgan fingerprint density at radius 1 is 1.42 bits per heavy atom. The predicted octanol–water partition coefficient (Wildman–Crippen LogP) is 1.58. The van der Waals surface area contributed by atoms with Crippen LogP contribution in [-0.4, -0.2) is 55.4 Å². The number of hydrogen-bond acceptors (Lipinski definition) is 4. The Labute approximate surface area is 117 Å². The summed E-state index contributed by atoms with van der Waals surface area (Å²) in [6, 6.07) is 0.544. The van der Waals surface area contributed by atoms with E-state index in [1.165, 1.54) is 6.42 Å². The molecule has 1 amide bonds. The van der Waals surface area contributed by atoms with Crippen molar-refractivity contribution in [3.63, 3.8) is 0 Å². The molecule has 1 unspecified atom stereocenters. The summed E-state index contributed by atoms with van der Waals surface area (Å²) in [5.74, 6) is 0. The molecule has 19 heavy (non-hydrogen) atoms. The average molecular weight is 271 g/mol. The molecule has 1 aliphatic rings. The van der Waals surface area contributed by atoms with Crippen LogP contribution in [0.4, 0.5) is 4.79 Å². The Kier molecular flexibility index (Phi) is 6.58. The summed E-state index contributed by atoms with van der Waals surface area (Å²) in [5.41, 5.74) is -0.425. The van der Waals surface area contributed by atoms with E-state index in [-0.39, 0.29) is 6.09 Å². The fourth-order valence-electron chi connectivity index (χ4n) is 2.12. The van der Waals surface area contributed by atoms with Gasteiger partial charge in [0, 0.05) is 32.2 Å². The van der Waals surface area contributed by atoms with E-state index < -0.39 is 5.60 Å². The lowest BCUT2D eigenvalue weighted by atomic mass is 10.2. The van der Waals surface area contributed by atoms with E-state index in [0.717, 1.165) is 32.6 Å². The molecular weight excluding hydrogens is 242 g/mol. The molecular formula is C14H29N3O2. The number of rotatable bonds is 6. The van der Waals surface area contributed by atoms with Crippen LogP contribution in [-0.2, 0) is 4.74 Å². The molecule has 1 heterocycles. The summed E-state index contributed by atoms with van der Waals surface area (Å²) < 4.78 is 5.42. The van der Waals surface area contributed by atoms with Gasteiger partial charge in [-0.25, -0.2) is 4.79 Å². The number of amides is 1. The van der Waals surface area contributed by atoms with Gasteiger partial charge in [-0.1, -0.05) is 6.92 Å². The second kappa shape index (κ2) is 7.70. The first-order valence-electron chi connectivity index (χ1n) is 7.34. The monoisotopic (exact) mass is 271 g/mol. The van der Waals surface area contributed by atoms with Gasteiger partial charge in [0.2, 0.25) is 0 Å². The first kappa shape index (κ1) is 16.2. The molecule has 0 bridgehead atoms. The molecule has 1 rings (SSSR count). The van der Waals surface area contributed by atoms with Crippen LogP contribution < -0.4 is 10.6 Å². The van der Waals surface area contributed by atoms with Crippen molar-refractivity contribution in [1.82, 2.24) is 15.5 Å². The van der Waals surface area contributed by atoms with Crippen LogP contribution in [0, 0.1) is 0 Å². The standard InChI is InChI=1S/C14H29N3O2/c1-5-9-17(13(18)19-14(2,3)4)10-8-16-12-6-7-15-11-12/h12,15-16H,5-11H2,1-4H3. The second-order valence-corrected chi connectivity index (χ2v) is 6.11. The lowest BCUT2D eigenvalue weighted by molar-refractivity contribution is 0.0251. The molecule has 112 valence electrons. The molecule has 0 aromatic heterocycles. The molecule has 5 heteroatoms. The molecule has 0 aliphatic carbocycles. The fraction of sp³-hybridized carbons (Fsp3) is 0.929. The van der Waals surface area contributed by atoms with E-state index in [1.54, 1.807) is 4.90 Å². The Morgan fingerprint density at radius 3 is 2.68 bits per heavy atom. The van der Waals surface area contributed by atoms with Gasteiger partial charge in [-0.3, -0.25) is 0 Å². The lowest BCUT2D eigenvalue weighted by Gasteiger charge is -2.27. The van der Waals surface area contributed by atoms with Crippen LogP contribution in [0.25, 0.3) is 0 Å².